The largest absolute Gasteiger partial charge is 0.491 e. The Morgan fingerprint density at radius 3 is 2.65 bits per heavy atom. The van der Waals surface area contributed by atoms with Crippen molar-refractivity contribution in [3.63, 3.8) is 0 Å². The van der Waals surface area contributed by atoms with Crippen LogP contribution in [-0.2, 0) is 11.2 Å². The van der Waals surface area contributed by atoms with Gasteiger partial charge in [-0.2, -0.15) is 0 Å². The van der Waals surface area contributed by atoms with E-state index in [0.29, 0.717) is 57.4 Å². The summed E-state index contributed by atoms with van der Waals surface area (Å²) in [5, 5.41) is 1.65. The van der Waals surface area contributed by atoms with E-state index in [1.54, 1.807) is 24.1 Å². The molecule has 7 nitrogen and oxygen atoms in total. The van der Waals surface area contributed by atoms with Crippen LogP contribution in [0.3, 0.4) is 0 Å². The minimum Gasteiger partial charge on any atom is -0.491 e. The summed E-state index contributed by atoms with van der Waals surface area (Å²) >= 11 is 14.1. The van der Waals surface area contributed by atoms with Crippen molar-refractivity contribution >= 4 is 56.6 Å². The summed E-state index contributed by atoms with van der Waals surface area (Å²) in [4.78, 5) is 24.6. The number of rotatable bonds is 3. The van der Waals surface area contributed by atoms with Crippen LogP contribution in [0.15, 0.2) is 12.1 Å². The number of halogens is 2. The maximum Gasteiger partial charge on any atom is 0.264 e. The van der Waals surface area contributed by atoms with E-state index >= 15 is 0 Å². The highest BCUT2D eigenvalue weighted by atomic mass is 35.5. The fraction of sp³-hybridized carbons (Fsp3) is 0.381. The van der Waals surface area contributed by atoms with Gasteiger partial charge in [0.15, 0.2) is 0 Å². The highest BCUT2D eigenvalue weighted by Crippen LogP contribution is 2.46. The smallest absolute Gasteiger partial charge is 0.264 e. The molecule has 10 heteroatoms. The van der Waals surface area contributed by atoms with Crippen LogP contribution in [0, 0.1) is 0 Å². The Morgan fingerprint density at radius 2 is 1.97 bits per heavy atom. The Bertz CT molecular complexity index is 1160. The van der Waals surface area contributed by atoms with Crippen molar-refractivity contribution in [2.45, 2.75) is 26.3 Å². The monoisotopic (exact) mass is 480 g/mol. The van der Waals surface area contributed by atoms with E-state index in [1.165, 1.54) is 11.3 Å². The van der Waals surface area contributed by atoms with Gasteiger partial charge in [0.25, 0.3) is 5.91 Å². The average molecular weight is 481 g/mol. The van der Waals surface area contributed by atoms with Gasteiger partial charge in [-0.1, -0.05) is 37.0 Å². The lowest BCUT2D eigenvalue weighted by atomic mass is 10.00. The summed E-state index contributed by atoms with van der Waals surface area (Å²) in [7, 11) is 1.78. The quantitative estimate of drug-likeness (QED) is 0.584. The van der Waals surface area contributed by atoms with E-state index in [4.69, 9.17) is 38.4 Å². The van der Waals surface area contributed by atoms with Crippen LogP contribution in [0.25, 0.3) is 21.5 Å². The SMILES string of the molecule is CC.CN(C(=O)c1cc2c(-c3c(Cl)cc(Cl)c4c3CCO4)nc(N)nc2s1)C1COC1. The van der Waals surface area contributed by atoms with Crippen LogP contribution in [0.1, 0.15) is 29.1 Å². The van der Waals surface area contributed by atoms with Gasteiger partial charge in [0.05, 0.1) is 46.5 Å². The molecule has 164 valence electrons. The van der Waals surface area contributed by atoms with Crippen LogP contribution in [0.2, 0.25) is 10.0 Å². The molecule has 4 heterocycles. The van der Waals surface area contributed by atoms with Crippen molar-refractivity contribution in [3.8, 4) is 17.0 Å². The van der Waals surface area contributed by atoms with Crippen LogP contribution in [0.4, 0.5) is 5.95 Å². The molecule has 2 aliphatic heterocycles. The molecular weight excluding hydrogens is 459 g/mol. The standard InChI is InChI=1S/C19H16Cl2N4O3S.C2H6/c1-25(8-6-27-7-8)18(26)13-4-10-15(23-19(22)24-17(10)29-13)14-9-2-3-28-16(9)12(21)5-11(14)20;1-2/h4-5,8H,2-3,6-7H2,1H3,(H2,22,23,24);1-2H3. The summed E-state index contributed by atoms with van der Waals surface area (Å²) in [5.74, 6) is 0.655. The fourth-order valence-corrected chi connectivity index (χ4v) is 5.24. The predicted molar refractivity (Wildman–Crippen MR) is 125 cm³/mol. The van der Waals surface area contributed by atoms with Crippen LogP contribution in [-0.4, -0.2) is 53.7 Å². The number of nitrogen functional groups attached to an aromatic ring is 1. The summed E-state index contributed by atoms with van der Waals surface area (Å²) in [6, 6.07) is 3.55. The number of anilines is 1. The number of carbonyl (C=O) groups is 1. The molecule has 3 aromatic rings. The lowest BCUT2D eigenvalue weighted by Crippen LogP contribution is -2.49. The number of ether oxygens (including phenoxy) is 2. The molecule has 2 aliphatic rings. The number of hydrogen-bond donors (Lipinski definition) is 1. The van der Waals surface area contributed by atoms with Gasteiger partial charge in [0.2, 0.25) is 5.95 Å². The number of hydrogen-bond acceptors (Lipinski definition) is 7. The lowest BCUT2D eigenvalue weighted by Gasteiger charge is -2.34. The molecule has 0 bridgehead atoms. The number of likely N-dealkylation sites (N-methyl/N-ethyl adjacent to an activating group) is 1. The maximum absolute atomic E-state index is 12.9. The Hall–Kier alpha value is -2.13. The zero-order valence-corrected chi connectivity index (χ0v) is 19.7. The van der Waals surface area contributed by atoms with Crippen LogP contribution < -0.4 is 10.5 Å². The molecule has 0 unspecified atom stereocenters. The minimum absolute atomic E-state index is 0.0819. The first-order chi connectivity index (χ1) is 14.9. The Balaban J connectivity index is 0.00000112. The first kappa shape index (κ1) is 22.1. The van der Waals surface area contributed by atoms with Gasteiger partial charge in [-0.3, -0.25) is 4.79 Å². The van der Waals surface area contributed by atoms with Crippen molar-refractivity contribution in [3.05, 3.63) is 32.6 Å². The van der Waals surface area contributed by atoms with E-state index < -0.39 is 0 Å². The number of carbonyl (C=O) groups excluding carboxylic acids is 1. The molecule has 0 radical (unpaired) electrons. The molecule has 0 saturated carbocycles. The number of amides is 1. The molecule has 1 amide bonds. The molecule has 31 heavy (non-hydrogen) atoms. The molecule has 2 N–H and O–H groups in total. The third-order valence-corrected chi connectivity index (χ3v) is 6.83. The van der Waals surface area contributed by atoms with E-state index in [2.05, 4.69) is 9.97 Å². The third-order valence-electron chi connectivity index (χ3n) is 5.23. The second-order valence-electron chi connectivity index (χ2n) is 6.99. The van der Waals surface area contributed by atoms with Gasteiger partial charge in [-0.25, -0.2) is 9.97 Å². The molecule has 0 atom stereocenters. The Kier molecular flexibility index (Phi) is 6.25. The molecule has 1 saturated heterocycles. The van der Waals surface area contributed by atoms with Crippen molar-refractivity contribution in [1.29, 1.82) is 0 Å². The second-order valence-corrected chi connectivity index (χ2v) is 8.83. The second kappa shape index (κ2) is 8.78. The predicted octanol–water partition coefficient (Wildman–Crippen LogP) is 4.68. The first-order valence-electron chi connectivity index (χ1n) is 10.00. The number of nitrogens with two attached hydrogens (primary N) is 1. The number of aromatic nitrogens is 2. The van der Waals surface area contributed by atoms with Gasteiger partial charge < -0.3 is 20.1 Å². The number of thiophene rings is 1. The molecule has 1 aromatic carbocycles. The van der Waals surface area contributed by atoms with Crippen molar-refractivity contribution in [2.75, 3.05) is 32.6 Å². The third kappa shape index (κ3) is 3.82. The van der Waals surface area contributed by atoms with Gasteiger partial charge in [0, 0.05) is 30.0 Å². The summed E-state index contributed by atoms with van der Waals surface area (Å²) in [6.45, 7) is 5.63. The topological polar surface area (TPSA) is 90.6 Å². The van der Waals surface area contributed by atoms with Crippen LogP contribution >= 0.6 is 34.5 Å². The van der Waals surface area contributed by atoms with Crippen molar-refractivity contribution < 1.29 is 14.3 Å². The summed E-state index contributed by atoms with van der Waals surface area (Å²) in [5.41, 5.74) is 8.18. The fourth-order valence-electron chi connectivity index (χ4n) is 3.58. The Morgan fingerprint density at radius 1 is 1.23 bits per heavy atom. The van der Waals surface area contributed by atoms with Crippen molar-refractivity contribution in [1.82, 2.24) is 14.9 Å². The zero-order valence-electron chi connectivity index (χ0n) is 17.4. The maximum atomic E-state index is 12.9. The minimum atomic E-state index is -0.0819. The highest BCUT2D eigenvalue weighted by molar-refractivity contribution is 7.20. The van der Waals surface area contributed by atoms with Gasteiger partial charge >= 0.3 is 0 Å². The molecule has 0 spiro atoms. The average Bonchev–Trinajstić information content (AvgIpc) is 3.35. The zero-order chi connectivity index (χ0) is 22.3. The number of benzene rings is 1. The first-order valence-corrected chi connectivity index (χ1v) is 11.6. The molecule has 0 aliphatic carbocycles. The molecule has 2 aromatic heterocycles. The van der Waals surface area contributed by atoms with E-state index in [1.807, 2.05) is 13.8 Å². The van der Waals surface area contributed by atoms with E-state index in [-0.39, 0.29) is 17.9 Å². The summed E-state index contributed by atoms with van der Waals surface area (Å²) in [6.07, 6.45) is 0.663. The molecule has 5 rings (SSSR count). The van der Waals surface area contributed by atoms with Gasteiger partial charge in [-0.05, 0) is 12.1 Å². The van der Waals surface area contributed by atoms with Gasteiger partial charge in [0.1, 0.15) is 10.6 Å². The molecular formula is C21H22Cl2N4O3S. The number of fused-ring (bicyclic) bond motifs is 2. The van der Waals surface area contributed by atoms with E-state index in [9.17, 15) is 4.79 Å². The highest BCUT2D eigenvalue weighted by Gasteiger charge is 2.30. The van der Waals surface area contributed by atoms with Crippen molar-refractivity contribution in [2.24, 2.45) is 0 Å². The van der Waals surface area contributed by atoms with E-state index in [0.717, 1.165) is 16.5 Å². The summed E-state index contributed by atoms with van der Waals surface area (Å²) < 4.78 is 10.9. The Labute approximate surface area is 194 Å². The van der Waals surface area contributed by atoms with Gasteiger partial charge in [-0.15, -0.1) is 11.3 Å². The lowest BCUT2D eigenvalue weighted by molar-refractivity contribution is -0.0466. The van der Waals surface area contributed by atoms with Crippen LogP contribution in [0.5, 0.6) is 5.75 Å². The normalized spacial score (nSPS) is 15.0. The number of nitrogens with zero attached hydrogens (tertiary/aromatic N) is 3. The molecule has 1 fully saturated rings.